The summed E-state index contributed by atoms with van der Waals surface area (Å²) in [6.45, 7) is 4.08. The monoisotopic (exact) mass is 431 g/mol. The van der Waals surface area contributed by atoms with Gasteiger partial charge in [0.15, 0.2) is 0 Å². The van der Waals surface area contributed by atoms with Crippen LogP contribution in [-0.4, -0.2) is 88.2 Å². The number of sulfonamides is 1. The number of hydrogen-bond acceptors (Lipinski definition) is 6. The van der Waals surface area contributed by atoms with Crippen LogP contribution >= 0.6 is 0 Å². The van der Waals surface area contributed by atoms with Gasteiger partial charge in [-0.3, -0.25) is 9.59 Å². The van der Waals surface area contributed by atoms with Gasteiger partial charge in [-0.2, -0.15) is 0 Å². The van der Waals surface area contributed by atoms with Crippen LogP contribution in [0.5, 0.6) is 0 Å². The topological polar surface area (TPSA) is 116 Å². The van der Waals surface area contributed by atoms with Gasteiger partial charge in [0.25, 0.3) is 6.47 Å². The Kier molecular flexibility index (Phi) is 8.08. The fourth-order valence-corrected chi connectivity index (χ4v) is 4.57. The smallest absolute Gasteiger partial charge is 0.290 e. The van der Waals surface area contributed by atoms with E-state index in [1.54, 1.807) is 4.90 Å². The van der Waals surface area contributed by atoms with Gasteiger partial charge in [-0.05, 0) is 37.7 Å². The Bertz CT molecular complexity index is 835. The van der Waals surface area contributed by atoms with Crippen LogP contribution < -0.4 is 4.72 Å². The first-order valence-corrected chi connectivity index (χ1v) is 10.6. The lowest BCUT2D eigenvalue weighted by Gasteiger charge is -2.29. The van der Waals surface area contributed by atoms with Crippen LogP contribution in [0.1, 0.15) is 5.56 Å². The van der Waals surface area contributed by atoms with Gasteiger partial charge in [-0.25, -0.2) is 17.5 Å². The molecule has 2 fully saturated rings. The van der Waals surface area contributed by atoms with E-state index in [9.17, 15) is 17.6 Å². The molecule has 2 aliphatic heterocycles. The van der Waals surface area contributed by atoms with Gasteiger partial charge in [0.05, 0.1) is 30.7 Å². The molecule has 9 nitrogen and oxygen atoms in total. The van der Waals surface area contributed by atoms with Crippen LogP contribution in [-0.2, 0) is 24.3 Å². The van der Waals surface area contributed by atoms with E-state index in [-0.39, 0.29) is 41.3 Å². The van der Waals surface area contributed by atoms with Crippen molar-refractivity contribution in [2.75, 3.05) is 46.4 Å². The Hall–Kier alpha value is -2.08. The third kappa shape index (κ3) is 6.20. The quantitative estimate of drug-likeness (QED) is 0.640. The zero-order chi connectivity index (χ0) is 21.6. The third-order valence-electron chi connectivity index (χ3n) is 4.83. The number of carbonyl (C=O) groups excluding carboxylic acids is 1. The number of halogens is 1. The summed E-state index contributed by atoms with van der Waals surface area (Å²) in [5.74, 6) is -0.531. The number of aryl methyl sites for hydroxylation is 1. The highest BCUT2D eigenvalue weighted by Gasteiger charge is 2.34. The Morgan fingerprint density at radius 2 is 2.03 bits per heavy atom. The number of amides is 1. The molecule has 162 valence electrons. The van der Waals surface area contributed by atoms with E-state index in [1.807, 2.05) is 7.05 Å². The minimum atomic E-state index is -3.88. The lowest BCUT2D eigenvalue weighted by atomic mass is 10.1. The second kappa shape index (κ2) is 10.1. The number of nitrogens with zero attached hydrogens (tertiary/aromatic N) is 2. The van der Waals surface area contributed by atoms with Crippen molar-refractivity contribution in [3.63, 3.8) is 0 Å². The Morgan fingerprint density at radius 1 is 1.34 bits per heavy atom. The molecule has 0 radical (unpaired) electrons. The van der Waals surface area contributed by atoms with E-state index in [0.29, 0.717) is 26.3 Å². The van der Waals surface area contributed by atoms with Crippen LogP contribution in [0.2, 0.25) is 0 Å². The molecule has 2 aliphatic rings. The van der Waals surface area contributed by atoms with Crippen LogP contribution in [0.25, 0.3) is 0 Å². The maximum absolute atomic E-state index is 13.3. The predicted octanol–water partition coefficient (Wildman–Crippen LogP) is -0.0978. The van der Waals surface area contributed by atoms with E-state index in [0.717, 1.165) is 12.6 Å². The van der Waals surface area contributed by atoms with Gasteiger partial charge in [-0.1, -0.05) is 0 Å². The molecule has 2 bridgehead atoms. The first-order chi connectivity index (χ1) is 13.7. The zero-order valence-corrected chi connectivity index (χ0v) is 17.2. The highest BCUT2D eigenvalue weighted by molar-refractivity contribution is 7.89. The van der Waals surface area contributed by atoms with Crippen molar-refractivity contribution in [3.05, 3.63) is 29.6 Å². The third-order valence-corrected chi connectivity index (χ3v) is 6.22. The van der Waals surface area contributed by atoms with Gasteiger partial charge in [0, 0.05) is 25.6 Å². The number of nitrogens with one attached hydrogen (secondary N) is 1. The zero-order valence-electron chi connectivity index (χ0n) is 16.4. The lowest BCUT2D eigenvalue weighted by Crippen LogP contribution is -2.49. The molecule has 2 atom stereocenters. The maximum atomic E-state index is 13.3. The van der Waals surface area contributed by atoms with Gasteiger partial charge in [-0.15, -0.1) is 0 Å². The first kappa shape index (κ1) is 23.2. The molecular formula is C18H26FN3O6S. The molecule has 1 aromatic rings. The summed E-state index contributed by atoms with van der Waals surface area (Å²) in [6.07, 6.45) is 0. The summed E-state index contributed by atoms with van der Waals surface area (Å²) in [5, 5.41) is 6.89. The number of hydrogen-bond donors (Lipinski definition) is 2. The number of carboxylic acid groups (broad SMARTS) is 1. The Morgan fingerprint density at radius 3 is 2.69 bits per heavy atom. The van der Waals surface area contributed by atoms with E-state index in [1.165, 1.54) is 19.1 Å². The molecule has 0 aliphatic carbocycles. The summed E-state index contributed by atoms with van der Waals surface area (Å²) >= 11 is 0. The van der Waals surface area contributed by atoms with Gasteiger partial charge in [0.1, 0.15) is 5.82 Å². The number of ether oxygens (including phenoxy) is 1. The summed E-state index contributed by atoms with van der Waals surface area (Å²) in [6, 6.07) is 3.47. The Labute approximate surface area is 169 Å². The lowest BCUT2D eigenvalue weighted by molar-refractivity contribution is -0.132. The standard InChI is InChI=1S/C17H24FN3O4S.CH2O2/c1-12-5-15(3-4-16(12)18)26(23,24)19-6-17(22)21-8-13-7-20(2)9-14(21)11-25-10-13;2-1-3/h3-5,13-14,19H,6-11H2,1-2H3;1H,(H,2,3)/t13-,14-;/m0./s1. The SMILES string of the molecule is Cc1cc(S(=O)(=O)NCC(=O)N2C[C@H]3COC[C@@H]2CN(C)C3)ccc1F.O=CO. The molecule has 0 unspecified atom stereocenters. The van der Waals surface area contributed by atoms with Crippen LogP contribution in [0.3, 0.4) is 0 Å². The summed E-state index contributed by atoms with van der Waals surface area (Å²) in [4.78, 5) is 24.9. The van der Waals surface area contributed by atoms with Crippen molar-refractivity contribution in [1.29, 1.82) is 0 Å². The average Bonchev–Trinajstić information content (AvgIpc) is 2.93. The highest BCUT2D eigenvalue weighted by Crippen LogP contribution is 2.19. The van der Waals surface area contributed by atoms with E-state index >= 15 is 0 Å². The van der Waals surface area contributed by atoms with Crippen molar-refractivity contribution < 1.29 is 32.2 Å². The molecule has 0 saturated carbocycles. The molecule has 3 rings (SSSR count). The molecule has 2 N–H and O–H groups in total. The summed E-state index contributed by atoms with van der Waals surface area (Å²) < 4.78 is 46.1. The average molecular weight is 431 g/mol. The van der Waals surface area contributed by atoms with Crippen LogP contribution in [0.4, 0.5) is 4.39 Å². The predicted molar refractivity (Wildman–Crippen MR) is 102 cm³/mol. The maximum Gasteiger partial charge on any atom is 0.290 e. The normalized spacial score (nSPS) is 22.2. The van der Waals surface area contributed by atoms with Crippen molar-refractivity contribution in [2.24, 2.45) is 5.92 Å². The summed E-state index contributed by atoms with van der Waals surface area (Å²) in [5.41, 5.74) is 0.237. The van der Waals surface area contributed by atoms with Crippen molar-refractivity contribution in [1.82, 2.24) is 14.5 Å². The molecule has 1 aromatic carbocycles. The van der Waals surface area contributed by atoms with Crippen LogP contribution in [0, 0.1) is 18.7 Å². The van der Waals surface area contributed by atoms with E-state index in [4.69, 9.17) is 14.6 Å². The Balaban J connectivity index is 0.000000941. The molecule has 1 amide bonds. The molecule has 11 heteroatoms. The number of likely N-dealkylation sites (N-methyl/N-ethyl adjacent to an activating group) is 1. The fourth-order valence-electron chi connectivity index (χ4n) is 3.51. The molecule has 0 spiro atoms. The highest BCUT2D eigenvalue weighted by atomic mass is 32.2. The minimum absolute atomic E-state index is 0.0538. The molecule has 0 aromatic heterocycles. The number of benzene rings is 1. The number of rotatable bonds is 4. The summed E-state index contributed by atoms with van der Waals surface area (Å²) in [7, 11) is -1.87. The van der Waals surface area contributed by atoms with E-state index in [2.05, 4.69) is 9.62 Å². The molecule has 2 saturated heterocycles. The van der Waals surface area contributed by atoms with Gasteiger partial charge >= 0.3 is 0 Å². The van der Waals surface area contributed by atoms with Crippen molar-refractivity contribution >= 4 is 22.4 Å². The van der Waals surface area contributed by atoms with Crippen molar-refractivity contribution in [3.8, 4) is 0 Å². The van der Waals surface area contributed by atoms with E-state index < -0.39 is 15.8 Å². The molecule has 2 heterocycles. The largest absolute Gasteiger partial charge is 0.483 e. The van der Waals surface area contributed by atoms with Crippen LogP contribution in [0.15, 0.2) is 23.1 Å². The minimum Gasteiger partial charge on any atom is -0.483 e. The molecule has 29 heavy (non-hydrogen) atoms. The number of fused-ring (bicyclic) bond motifs is 3. The number of carbonyl (C=O) groups is 2. The van der Waals surface area contributed by atoms with Gasteiger partial charge < -0.3 is 19.6 Å². The van der Waals surface area contributed by atoms with Gasteiger partial charge in [0.2, 0.25) is 15.9 Å². The first-order valence-electron chi connectivity index (χ1n) is 9.07. The second-order valence-corrected chi connectivity index (χ2v) is 8.93. The fraction of sp³-hybridized carbons (Fsp3) is 0.556. The molecular weight excluding hydrogens is 405 g/mol. The second-order valence-electron chi connectivity index (χ2n) is 7.17. The van der Waals surface area contributed by atoms with Crippen molar-refractivity contribution in [2.45, 2.75) is 17.9 Å².